The molecule has 26 heavy (non-hydrogen) atoms. The van der Waals surface area contributed by atoms with E-state index in [1.54, 1.807) is 19.2 Å². The number of anilines is 2. The first-order chi connectivity index (χ1) is 12.7. The molecule has 0 radical (unpaired) electrons. The van der Waals surface area contributed by atoms with Crippen LogP contribution >= 0.6 is 0 Å². The number of piperazine rings is 1. The number of rotatable bonds is 6. The molecule has 1 saturated heterocycles. The maximum Gasteiger partial charge on any atom is 0.224 e. The van der Waals surface area contributed by atoms with Gasteiger partial charge in [0.05, 0.1) is 12.8 Å². The molecule has 0 spiro atoms. The van der Waals surface area contributed by atoms with Gasteiger partial charge >= 0.3 is 0 Å². The van der Waals surface area contributed by atoms with E-state index in [2.05, 4.69) is 5.32 Å². The van der Waals surface area contributed by atoms with Crippen LogP contribution in [-0.2, 0) is 4.79 Å². The molecule has 0 aromatic heterocycles. The summed E-state index contributed by atoms with van der Waals surface area (Å²) in [4.78, 5) is 16.2. The second-order valence-corrected chi connectivity index (χ2v) is 6.22. The minimum atomic E-state index is -0.212. The van der Waals surface area contributed by atoms with E-state index in [4.69, 9.17) is 4.74 Å². The van der Waals surface area contributed by atoms with Crippen molar-refractivity contribution in [2.45, 2.75) is 6.42 Å². The normalized spacial score (nSPS) is 14.2. The highest BCUT2D eigenvalue weighted by atomic mass is 19.1. The van der Waals surface area contributed by atoms with Crippen LogP contribution in [0.3, 0.4) is 0 Å². The summed E-state index contributed by atoms with van der Waals surface area (Å²) in [5.41, 5.74) is 1.57. The standard InChI is InChI=1S/C20H24FN3O2/c1-26-17-8-6-16(7-9-17)22-11-10-20(25)24-14-12-23(13-15-24)19-5-3-2-4-18(19)21/h2-9,22H,10-15H2,1H3. The molecule has 0 saturated carbocycles. The van der Waals surface area contributed by atoms with Crippen molar-refractivity contribution in [2.75, 3.05) is 50.1 Å². The van der Waals surface area contributed by atoms with Crippen molar-refractivity contribution in [1.29, 1.82) is 0 Å². The van der Waals surface area contributed by atoms with Crippen molar-refractivity contribution in [1.82, 2.24) is 4.90 Å². The number of ether oxygens (including phenoxy) is 1. The molecule has 0 unspecified atom stereocenters. The third-order valence-corrected chi connectivity index (χ3v) is 4.58. The van der Waals surface area contributed by atoms with Crippen LogP contribution in [0.2, 0.25) is 0 Å². The van der Waals surface area contributed by atoms with Crippen molar-refractivity contribution in [3.05, 3.63) is 54.3 Å². The number of methoxy groups -OCH3 is 1. The zero-order chi connectivity index (χ0) is 18.4. The highest BCUT2D eigenvalue weighted by Crippen LogP contribution is 2.20. The van der Waals surface area contributed by atoms with Crippen LogP contribution in [0.1, 0.15) is 6.42 Å². The first-order valence-corrected chi connectivity index (χ1v) is 8.82. The van der Waals surface area contributed by atoms with Crippen molar-refractivity contribution in [2.24, 2.45) is 0 Å². The van der Waals surface area contributed by atoms with Gasteiger partial charge in [0.2, 0.25) is 5.91 Å². The van der Waals surface area contributed by atoms with E-state index in [-0.39, 0.29) is 11.7 Å². The quantitative estimate of drug-likeness (QED) is 0.863. The van der Waals surface area contributed by atoms with E-state index < -0.39 is 0 Å². The largest absolute Gasteiger partial charge is 0.497 e. The third kappa shape index (κ3) is 4.45. The number of hydrogen-bond acceptors (Lipinski definition) is 4. The number of nitrogens with one attached hydrogen (secondary N) is 1. The van der Waals surface area contributed by atoms with E-state index in [1.165, 1.54) is 6.07 Å². The van der Waals surface area contributed by atoms with Gasteiger partial charge < -0.3 is 19.9 Å². The highest BCUT2D eigenvalue weighted by molar-refractivity contribution is 5.77. The molecular weight excluding hydrogens is 333 g/mol. The van der Waals surface area contributed by atoms with Crippen molar-refractivity contribution in [3.63, 3.8) is 0 Å². The van der Waals surface area contributed by atoms with E-state index >= 15 is 0 Å². The Bertz CT molecular complexity index is 728. The van der Waals surface area contributed by atoms with E-state index in [1.807, 2.05) is 40.1 Å². The zero-order valence-corrected chi connectivity index (χ0v) is 15.0. The van der Waals surface area contributed by atoms with Crippen LogP contribution < -0.4 is 15.0 Å². The fraction of sp³-hybridized carbons (Fsp3) is 0.350. The Kier molecular flexibility index (Phi) is 5.94. The van der Waals surface area contributed by atoms with Gasteiger partial charge in [-0.1, -0.05) is 12.1 Å². The van der Waals surface area contributed by atoms with Crippen LogP contribution in [0, 0.1) is 5.82 Å². The Morgan fingerprint density at radius 2 is 1.77 bits per heavy atom. The molecule has 2 aromatic rings. The van der Waals surface area contributed by atoms with Crippen LogP contribution in [0.25, 0.3) is 0 Å². The third-order valence-electron chi connectivity index (χ3n) is 4.58. The summed E-state index contributed by atoms with van der Waals surface area (Å²) in [6.07, 6.45) is 0.436. The zero-order valence-electron chi connectivity index (χ0n) is 15.0. The van der Waals surface area contributed by atoms with Crippen LogP contribution in [0.4, 0.5) is 15.8 Å². The SMILES string of the molecule is COc1ccc(NCCC(=O)N2CCN(c3ccccc3F)CC2)cc1. The molecule has 3 rings (SSSR count). The number of carbonyl (C=O) groups is 1. The molecule has 1 fully saturated rings. The first-order valence-electron chi connectivity index (χ1n) is 8.82. The minimum absolute atomic E-state index is 0.124. The number of carbonyl (C=O) groups excluding carboxylic acids is 1. The molecule has 1 heterocycles. The van der Waals surface area contributed by atoms with Gasteiger partial charge in [0.15, 0.2) is 0 Å². The Morgan fingerprint density at radius 1 is 1.08 bits per heavy atom. The second kappa shape index (κ2) is 8.56. The predicted octanol–water partition coefficient (Wildman–Crippen LogP) is 2.99. The van der Waals surface area contributed by atoms with Gasteiger partial charge in [-0.2, -0.15) is 0 Å². The maximum atomic E-state index is 13.9. The molecule has 0 atom stereocenters. The molecule has 2 aromatic carbocycles. The van der Waals surface area contributed by atoms with Crippen LogP contribution in [0.5, 0.6) is 5.75 Å². The number of hydrogen-bond donors (Lipinski definition) is 1. The molecule has 138 valence electrons. The molecule has 0 aliphatic carbocycles. The summed E-state index contributed by atoms with van der Waals surface area (Å²) in [7, 11) is 1.63. The lowest BCUT2D eigenvalue weighted by Gasteiger charge is -2.36. The van der Waals surface area contributed by atoms with Gasteiger partial charge in [0.25, 0.3) is 0 Å². The summed E-state index contributed by atoms with van der Waals surface area (Å²) in [6.45, 7) is 3.13. The summed E-state index contributed by atoms with van der Waals surface area (Å²) in [5, 5.41) is 3.24. The van der Waals surface area contributed by atoms with Gasteiger partial charge in [-0.05, 0) is 36.4 Å². The Labute approximate surface area is 153 Å². The predicted molar refractivity (Wildman–Crippen MR) is 101 cm³/mol. The molecule has 1 amide bonds. The monoisotopic (exact) mass is 357 g/mol. The molecule has 1 N–H and O–H groups in total. The van der Waals surface area contributed by atoms with Gasteiger partial charge in [-0.25, -0.2) is 4.39 Å². The molecule has 1 aliphatic heterocycles. The first kappa shape index (κ1) is 18.0. The number of nitrogens with zero attached hydrogens (tertiary/aromatic N) is 2. The summed E-state index contributed by atoms with van der Waals surface area (Å²) < 4.78 is 19.0. The Hall–Kier alpha value is -2.76. The molecular formula is C20H24FN3O2. The molecule has 5 nitrogen and oxygen atoms in total. The number of amides is 1. The molecule has 1 aliphatic rings. The number of halogens is 1. The summed E-state index contributed by atoms with van der Waals surface area (Å²) in [6, 6.07) is 14.4. The van der Waals surface area contributed by atoms with Crippen molar-refractivity contribution >= 4 is 17.3 Å². The average Bonchev–Trinajstić information content (AvgIpc) is 2.69. The van der Waals surface area contributed by atoms with Crippen LogP contribution in [0.15, 0.2) is 48.5 Å². The van der Waals surface area contributed by atoms with Gasteiger partial charge in [-0.15, -0.1) is 0 Å². The second-order valence-electron chi connectivity index (χ2n) is 6.22. The van der Waals surface area contributed by atoms with Gasteiger partial charge in [0, 0.05) is 44.8 Å². The van der Waals surface area contributed by atoms with Crippen LogP contribution in [-0.4, -0.2) is 50.6 Å². The maximum absolute atomic E-state index is 13.9. The lowest BCUT2D eigenvalue weighted by molar-refractivity contribution is -0.131. The highest BCUT2D eigenvalue weighted by Gasteiger charge is 2.22. The fourth-order valence-corrected chi connectivity index (χ4v) is 3.09. The molecule has 0 bridgehead atoms. The lowest BCUT2D eigenvalue weighted by atomic mass is 10.2. The van der Waals surface area contributed by atoms with E-state index in [0.29, 0.717) is 44.8 Å². The summed E-state index contributed by atoms with van der Waals surface area (Å²) >= 11 is 0. The lowest BCUT2D eigenvalue weighted by Crippen LogP contribution is -2.49. The van der Waals surface area contributed by atoms with Gasteiger partial charge in [-0.3, -0.25) is 4.79 Å². The molecule has 6 heteroatoms. The number of para-hydroxylation sites is 1. The van der Waals surface area contributed by atoms with E-state index in [9.17, 15) is 9.18 Å². The Morgan fingerprint density at radius 3 is 2.42 bits per heavy atom. The summed E-state index contributed by atoms with van der Waals surface area (Å²) in [5.74, 6) is 0.717. The van der Waals surface area contributed by atoms with Gasteiger partial charge in [0.1, 0.15) is 11.6 Å². The topological polar surface area (TPSA) is 44.8 Å². The fourth-order valence-electron chi connectivity index (χ4n) is 3.09. The van der Waals surface area contributed by atoms with Crippen molar-refractivity contribution in [3.8, 4) is 5.75 Å². The van der Waals surface area contributed by atoms with E-state index in [0.717, 1.165) is 11.4 Å². The number of benzene rings is 2. The Balaban J connectivity index is 1.43. The smallest absolute Gasteiger partial charge is 0.224 e. The average molecular weight is 357 g/mol. The minimum Gasteiger partial charge on any atom is -0.497 e. The van der Waals surface area contributed by atoms with Crippen molar-refractivity contribution < 1.29 is 13.9 Å².